The van der Waals surface area contributed by atoms with Crippen molar-refractivity contribution in [2.24, 2.45) is 34.0 Å². The molecule has 3 N–H and O–H groups in total. The summed E-state index contributed by atoms with van der Waals surface area (Å²) in [7, 11) is 0. The van der Waals surface area contributed by atoms with E-state index in [1.807, 2.05) is 0 Å². The predicted octanol–water partition coefficient (Wildman–Crippen LogP) is 3.21. The van der Waals surface area contributed by atoms with E-state index >= 15 is 0 Å². The van der Waals surface area contributed by atoms with Gasteiger partial charge in [-0.05, 0) is 80.0 Å². The highest BCUT2D eigenvalue weighted by Crippen LogP contribution is 2.72. The van der Waals surface area contributed by atoms with E-state index in [0.29, 0.717) is 6.42 Å². The van der Waals surface area contributed by atoms with Gasteiger partial charge in [0, 0.05) is 0 Å². The number of fused-ring (bicyclic) bond motifs is 3. The first-order chi connectivity index (χ1) is 11.2. The third-order valence-electron chi connectivity index (χ3n) is 8.82. The number of hydrogen-bond donors (Lipinski definition) is 3. The quantitative estimate of drug-likeness (QED) is 0.723. The molecule has 2 bridgehead atoms. The minimum atomic E-state index is -0.981. The Morgan fingerprint density at radius 3 is 2.50 bits per heavy atom. The van der Waals surface area contributed by atoms with Crippen LogP contribution in [0.5, 0.6) is 0 Å². The fourth-order valence-corrected chi connectivity index (χ4v) is 7.96. The molecule has 4 heteroatoms. The number of aliphatic hydroxyl groups is 2. The Kier molecular flexibility index (Phi) is 3.49. The van der Waals surface area contributed by atoms with Crippen LogP contribution in [0.2, 0.25) is 0 Å². The summed E-state index contributed by atoms with van der Waals surface area (Å²) in [5.74, 6) is -0.0381. The normalized spacial score (nSPS) is 52.4. The minimum Gasteiger partial charge on any atom is -0.481 e. The van der Waals surface area contributed by atoms with Crippen LogP contribution < -0.4 is 0 Å². The summed E-state index contributed by atoms with van der Waals surface area (Å²) in [5.41, 5.74) is -1.58. The molecule has 4 aliphatic carbocycles. The van der Waals surface area contributed by atoms with Crippen molar-refractivity contribution in [3.05, 3.63) is 0 Å². The van der Waals surface area contributed by atoms with Gasteiger partial charge in [-0.3, -0.25) is 4.79 Å². The number of carboxylic acid groups (broad SMARTS) is 1. The van der Waals surface area contributed by atoms with Crippen molar-refractivity contribution < 1.29 is 20.1 Å². The molecule has 1 spiro atoms. The average Bonchev–Trinajstić information content (AvgIpc) is 2.73. The van der Waals surface area contributed by atoms with Gasteiger partial charge in [0.25, 0.3) is 0 Å². The number of carboxylic acids is 1. The molecule has 0 aromatic carbocycles. The number of rotatable bonds is 2. The first kappa shape index (κ1) is 16.8. The molecule has 4 rings (SSSR count). The fraction of sp³-hybridized carbons (Fsp3) is 0.950. The summed E-state index contributed by atoms with van der Waals surface area (Å²) in [6.45, 7) is 4.34. The lowest BCUT2D eigenvalue weighted by atomic mass is 9.40. The van der Waals surface area contributed by atoms with E-state index in [2.05, 4.69) is 13.8 Å². The van der Waals surface area contributed by atoms with Gasteiger partial charge < -0.3 is 15.3 Å². The van der Waals surface area contributed by atoms with Gasteiger partial charge in [-0.25, -0.2) is 0 Å². The third kappa shape index (κ3) is 1.90. The van der Waals surface area contributed by atoms with Crippen LogP contribution in [0.1, 0.15) is 71.6 Å². The average molecular weight is 336 g/mol. The summed E-state index contributed by atoms with van der Waals surface area (Å²) in [6.07, 6.45) is 8.20. The van der Waals surface area contributed by atoms with Crippen LogP contribution in [0.25, 0.3) is 0 Å². The molecule has 136 valence electrons. The van der Waals surface area contributed by atoms with Crippen LogP contribution in [-0.2, 0) is 4.79 Å². The summed E-state index contributed by atoms with van der Waals surface area (Å²) in [5, 5.41) is 31.1. The maximum atomic E-state index is 12.6. The number of aliphatic hydroxyl groups excluding tert-OH is 1. The van der Waals surface area contributed by atoms with Crippen molar-refractivity contribution in [3.63, 3.8) is 0 Å². The van der Waals surface area contributed by atoms with Gasteiger partial charge in [0.2, 0.25) is 0 Å². The SMILES string of the molecule is CC1(C)CCC[C@]2(C(=O)O)[C@@H]1CC[C@@]13C[C@@H](CC[C@H]12)[C@@](O)(CO)C3. The van der Waals surface area contributed by atoms with E-state index < -0.39 is 17.0 Å². The molecule has 0 aliphatic heterocycles. The van der Waals surface area contributed by atoms with Gasteiger partial charge in [-0.15, -0.1) is 0 Å². The first-order valence-corrected chi connectivity index (χ1v) is 9.77. The van der Waals surface area contributed by atoms with Gasteiger partial charge in [0.15, 0.2) is 0 Å². The maximum Gasteiger partial charge on any atom is 0.310 e. The molecule has 0 amide bonds. The first-order valence-electron chi connectivity index (χ1n) is 9.77. The molecular formula is C20H32O4. The molecule has 4 nitrogen and oxygen atoms in total. The highest BCUT2D eigenvalue weighted by atomic mass is 16.4. The molecule has 4 saturated carbocycles. The van der Waals surface area contributed by atoms with E-state index in [9.17, 15) is 20.1 Å². The highest BCUT2D eigenvalue weighted by Gasteiger charge is 2.70. The van der Waals surface area contributed by atoms with Crippen LogP contribution >= 0.6 is 0 Å². The van der Waals surface area contributed by atoms with E-state index in [4.69, 9.17) is 0 Å². The highest BCUT2D eigenvalue weighted by molar-refractivity contribution is 5.76. The summed E-state index contributed by atoms with van der Waals surface area (Å²) >= 11 is 0. The Hall–Kier alpha value is -0.610. The van der Waals surface area contributed by atoms with Crippen molar-refractivity contribution in [2.45, 2.75) is 77.2 Å². The summed E-state index contributed by atoms with van der Waals surface area (Å²) in [6, 6.07) is 0. The van der Waals surface area contributed by atoms with E-state index in [1.165, 1.54) is 0 Å². The van der Waals surface area contributed by atoms with Crippen LogP contribution in [0.15, 0.2) is 0 Å². The lowest BCUT2D eigenvalue weighted by molar-refractivity contribution is -0.194. The molecule has 0 saturated heterocycles. The van der Waals surface area contributed by atoms with Gasteiger partial charge in [-0.1, -0.05) is 20.3 Å². The van der Waals surface area contributed by atoms with E-state index in [-0.39, 0.29) is 35.2 Å². The fourth-order valence-electron chi connectivity index (χ4n) is 7.96. The molecule has 0 aromatic heterocycles. The molecule has 6 atom stereocenters. The topological polar surface area (TPSA) is 77.8 Å². The molecule has 4 aliphatic rings. The zero-order chi connectivity index (χ0) is 17.4. The number of hydrogen-bond acceptors (Lipinski definition) is 3. The largest absolute Gasteiger partial charge is 0.481 e. The van der Waals surface area contributed by atoms with Gasteiger partial charge in [-0.2, -0.15) is 0 Å². The molecule has 0 radical (unpaired) electrons. The van der Waals surface area contributed by atoms with Crippen LogP contribution in [-0.4, -0.2) is 33.5 Å². The molecular weight excluding hydrogens is 304 g/mol. The standard InChI is InChI=1S/C20H32O4/c1-17(2)7-3-8-20(16(22)23)14(17)6-9-18-10-13(4-5-15(18)20)19(24,11-18)12-21/h13-15,21,24H,3-12H2,1-2H3,(H,22,23)/t13-,14-,15-,18+,19+,20+/m1/s1. The lowest BCUT2D eigenvalue weighted by Gasteiger charge is -2.62. The molecule has 4 fully saturated rings. The number of carbonyl (C=O) groups is 1. The second kappa shape index (κ2) is 4.97. The Morgan fingerprint density at radius 1 is 1.08 bits per heavy atom. The number of aliphatic carboxylic acids is 1. The van der Waals surface area contributed by atoms with Crippen molar-refractivity contribution in [3.8, 4) is 0 Å². The van der Waals surface area contributed by atoms with Crippen molar-refractivity contribution in [1.29, 1.82) is 0 Å². The molecule has 0 unspecified atom stereocenters. The predicted molar refractivity (Wildman–Crippen MR) is 90.3 cm³/mol. The monoisotopic (exact) mass is 336 g/mol. The zero-order valence-electron chi connectivity index (χ0n) is 15.1. The van der Waals surface area contributed by atoms with Crippen molar-refractivity contribution >= 4 is 5.97 Å². The van der Waals surface area contributed by atoms with Crippen molar-refractivity contribution in [1.82, 2.24) is 0 Å². The lowest BCUT2D eigenvalue weighted by Crippen LogP contribution is -2.60. The van der Waals surface area contributed by atoms with Gasteiger partial charge in [0.1, 0.15) is 0 Å². The second-order valence-corrected chi connectivity index (χ2v) is 10.1. The van der Waals surface area contributed by atoms with Crippen molar-refractivity contribution in [2.75, 3.05) is 6.61 Å². The maximum absolute atomic E-state index is 12.6. The van der Waals surface area contributed by atoms with Crippen LogP contribution in [0, 0.1) is 34.0 Å². The van der Waals surface area contributed by atoms with Gasteiger partial charge >= 0.3 is 5.97 Å². The molecule has 24 heavy (non-hydrogen) atoms. The van der Waals surface area contributed by atoms with Crippen LogP contribution in [0.4, 0.5) is 0 Å². The zero-order valence-corrected chi connectivity index (χ0v) is 15.1. The molecule has 0 aromatic rings. The Morgan fingerprint density at radius 2 is 1.83 bits per heavy atom. The van der Waals surface area contributed by atoms with E-state index in [1.54, 1.807) is 0 Å². The van der Waals surface area contributed by atoms with Crippen LogP contribution in [0.3, 0.4) is 0 Å². The molecule has 0 heterocycles. The minimum absolute atomic E-state index is 0.0668. The Labute approximate surface area is 144 Å². The van der Waals surface area contributed by atoms with Gasteiger partial charge in [0.05, 0.1) is 17.6 Å². The van der Waals surface area contributed by atoms with E-state index in [0.717, 1.165) is 51.4 Å². The summed E-state index contributed by atoms with van der Waals surface area (Å²) < 4.78 is 0. The Bertz CT molecular complexity index is 558. The summed E-state index contributed by atoms with van der Waals surface area (Å²) in [4.78, 5) is 12.6. The third-order valence-corrected chi connectivity index (χ3v) is 8.82. The second-order valence-electron chi connectivity index (χ2n) is 10.1. The smallest absolute Gasteiger partial charge is 0.310 e. The Balaban J connectivity index is 1.80.